The molecule has 268 valence electrons. The zero-order valence-corrected chi connectivity index (χ0v) is 27.4. The molecule has 2 saturated heterocycles. The van der Waals surface area contributed by atoms with E-state index in [0.29, 0.717) is 26.3 Å². The number of methoxy groups -OCH3 is 1. The Hall–Kier alpha value is -2.41. The van der Waals surface area contributed by atoms with Crippen LogP contribution in [-0.4, -0.2) is 122 Å². The molecule has 3 heterocycles. The number of aliphatic hydroxyl groups excluding tert-OH is 2. The molecule has 1 saturated carbocycles. The average Bonchev–Trinajstić information content (AvgIpc) is 3.56. The van der Waals surface area contributed by atoms with Crippen molar-refractivity contribution < 1.29 is 56.3 Å². The normalized spacial score (nSPS) is 28.2. The maximum Gasteiger partial charge on any atom is 0.248 e. The van der Waals surface area contributed by atoms with Gasteiger partial charge in [0.25, 0.3) is 0 Å². The Morgan fingerprint density at radius 1 is 1.17 bits per heavy atom. The minimum Gasteiger partial charge on any atom is -0.394 e. The number of alkyl halides is 2. The first-order chi connectivity index (χ1) is 22.8. The highest BCUT2D eigenvalue weighted by Gasteiger charge is 2.54. The molecule has 3 N–H and O–H groups in total. The number of nitrogens with zero attached hydrogens (tertiary/aromatic N) is 4. The molecule has 0 bridgehead atoms. The van der Waals surface area contributed by atoms with E-state index >= 15 is 0 Å². The Labute approximate surface area is 278 Å². The summed E-state index contributed by atoms with van der Waals surface area (Å²) in [4.78, 5) is 15.9. The number of hydrogen-bond donors (Lipinski definition) is 3. The van der Waals surface area contributed by atoms with E-state index in [-0.39, 0.29) is 30.0 Å². The van der Waals surface area contributed by atoms with E-state index in [1.807, 2.05) is 0 Å². The molecular formula is C31H41F5N4O7S. The van der Waals surface area contributed by atoms with Crippen LogP contribution >= 0.6 is 11.8 Å². The van der Waals surface area contributed by atoms with Gasteiger partial charge in [-0.2, -0.15) is 0 Å². The average molecular weight is 709 g/mol. The molecule has 1 amide bonds. The number of benzene rings is 1. The Kier molecular flexibility index (Phi) is 11.7. The predicted molar refractivity (Wildman–Crippen MR) is 162 cm³/mol. The van der Waals surface area contributed by atoms with Crippen molar-refractivity contribution >= 4 is 17.7 Å². The lowest BCUT2D eigenvalue weighted by molar-refractivity contribution is -0.186. The number of ether oxygens (including phenoxy) is 3. The maximum atomic E-state index is 14.3. The van der Waals surface area contributed by atoms with Crippen LogP contribution in [0.1, 0.15) is 51.5 Å². The van der Waals surface area contributed by atoms with Gasteiger partial charge in [-0.05, 0) is 50.7 Å². The number of amides is 1. The van der Waals surface area contributed by atoms with E-state index in [0.717, 1.165) is 41.4 Å². The molecular weight excluding hydrogens is 667 g/mol. The minimum atomic E-state index is -2.99. The molecule has 3 fully saturated rings. The molecule has 17 heteroatoms. The Morgan fingerprint density at radius 3 is 2.40 bits per heavy atom. The smallest absolute Gasteiger partial charge is 0.248 e. The van der Waals surface area contributed by atoms with Gasteiger partial charge >= 0.3 is 0 Å². The number of rotatable bonds is 11. The summed E-state index contributed by atoms with van der Waals surface area (Å²) >= 11 is 0.863. The molecule has 1 aliphatic carbocycles. The summed E-state index contributed by atoms with van der Waals surface area (Å²) in [5, 5.41) is 40.0. The van der Waals surface area contributed by atoms with Gasteiger partial charge in [0.15, 0.2) is 17.5 Å². The highest BCUT2D eigenvalue weighted by Crippen LogP contribution is 2.47. The number of thioether (sulfide) groups is 1. The Morgan fingerprint density at radius 2 is 1.81 bits per heavy atom. The second kappa shape index (κ2) is 15.2. The van der Waals surface area contributed by atoms with Gasteiger partial charge in [0.2, 0.25) is 11.8 Å². The van der Waals surface area contributed by atoms with Crippen LogP contribution < -0.4 is 0 Å². The van der Waals surface area contributed by atoms with Crippen LogP contribution in [0.4, 0.5) is 22.0 Å². The van der Waals surface area contributed by atoms with Crippen LogP contribution in [0.15, 0.2) is 18.3 Å². The number of halogens is 5. The van der Waals surface area contributed by atoms with Crippen molar-refractivity contribution in [3.8, 4) is 11.3 Å². The van der Waals surface area contributed by atoms with E-state index in [9.17, 15) is 42.1 Å². The molecule has 48 heavy (non-hydrogen) atoms. The molecule has 1 aromatic carbocycles. The third-order valence-electron chi connectivity index (χ3n) is 9.53. The third kappa shape index (κ3) is 7.81. The fourth-order valence-corrected chi connectivity index (χ4v) is 8.28. The zero-order valence-electron chi connectivity index (χ0n) is 26.6. The first-order valence-corrected chi connectivity index (χ1v) is 16.9. The molecule has 11 nitrogen and oxygen atoms in total. The summed E-state index contributed by atoms with van der Waals surface area (Å²) in [5.41, 5.74) is -3.20. The highest BCUT2D eigenvalue weighted by molar-refractivity contribution is 8.01. The van der Waals surface area contributed by atoms with Crippen LogP contribution in [0.25, 0.3) is 11.3 Å². The van der Waals surface area contributed by atoms with E-state index in [4.69, 9.17) is 14.2 Å². The van der Waals surface area contributed by atoms with Crippen LogP contribution in [0, 0.1) is 23.4 Å². The lowest BCUT2D eigenvalue weighted by atomic mass is 9.80. The van der Waals surface area contributed by atoms with Crippen molar-refractivity contribution in [2.75, 3.05) is 40.0 Å². The summed E-state index contributed by atoms with van der Waals surface area (Å²) < 4.78 is 88.5. The van der Waals surface area contributed by atoms with Crippen molar-refractivity contribution in [2.24, 2.45) is 5.92 Å². The van der Waals surface area contributed by atoms with Crippen LogP contribution in [0.5, 0.6) is 0 Å². The molecule has 6 atom stereocenters. The predicted octanol–water partition coefficient (Wildman–Crippen LogP) is 3.31. The largest absolute Gasteiger partial charge is 0.394 e. The van der Waals surface area contributed by atoms with Gasteiger partial charge in [-0.25, -0.2) is 26.6 Å². The lowest BCUT2D eigenvalue weighted by Gasteiger charge is -2.47. The van der Waals surface area contributed by atoms with Gasteiger partial charge in [0.1, 0.15) is 40.7 Å². The van der Waals surface area contributed by atoms with E-state index in [2.05, 4.69) is 10.3 Å². The lowest BCUT2D eigenvalue weighted by Crippen LogP contribution is -2.59. The van der Waals surface area contributed by atoms with Crippen molar-refractivity contribution in [3.05, 3.63) is 35.8 Å². The summed E-state index contributed by atoms with van der Waals surface area (Å²) in [6.45, 7) is 2.91. The van der Waals surface area contributed by atoms with Crippen LogP contribution in [0.2, 0.25) is 0 Å². The number of carbonyl (C=O) groups excluding carboxylic acids is 1. The summed E-state index contributed by atoms with van der Waals surface area (Å²) in [6.07, 6.45) is -3.06. The fourth-order valence-electron chi connectivity index (χ4n) is 6.62. The van der Waals surface area contributed by atoms with Gasteiger partial charge in [-0.15, -0.1) is 16.9 Å². The fraction of sp³-hybridized carbons (Fsp3) is 0.710. The Balaban J connectivity index is 1.47. The van der Waals surface area contributed by atoms with Gasteiger partial charge in [0, 0.05) is 51.8 Å². The Bertz CT molecular complexity index is 1380. The molecule has 1 unspecified atom stereocenters. The molecule has 5 rings (SSSR count). The summed E-state index contributed by atoms with van der Waals surface area (Å²) in [5.74, 6) is -7.84. The van der Waals surface area contributed by atoms with Crippen LogP contribution in [-0.2, 0) is 19.0 Å². The van der Waals surface area contributed by atoms with Gasteiger partial charge in [-0.1, -0.05) is 5.21 Å². The molecule has 0 spiro atoms. The monoisotopic (exact) mass is 708 g/mol. The summed E-state index contributed by atoms with van der Waals surface area (Å²) in [6, 6.07) is 0.321. The number of carbonyl (C=O) groups is 1. The molecule has 2 aliphatic heterocycles. The van der Waals surface area contributed by atoms with E-state index in [1.165, 1.54) is 13.3 Å². The standard InChI is InChI=1S/C31H41F5N4O7S/c1-3-39(14-17-4-10-46-11-5-17)28(43)27(30(44)6-8-31(35,36)9-7-30)48-29-26(45-2)24(25(42)22(16-41)47-29)40-15-21(37-38-40)18-12-19(32)23(34)20(33)13-18/h12-13,15,17,22,24-27,29,41-42,44H,3-11,14,16H2,1-2H3/t22-,24+,25+,26-,27?,29+/m1/s1. The molecule has 1 aromatic heterocycles. The second-order valence-corrected chi connectivity index (χ2v) is 13.9. The third-order valence-corrected chi connectivity index (χ3v) is 11.1. The van der Waals surface area contributed by atoms with E-state index in [1.54, 1.807) is 11.8 Å². The SMILES string of the molecule is CCN(CC1CCOCC1)C(=O)C(S[C@@H]1O[C@H](CO)[C@H](O)[C@H](n2cc(-c3cc(F)c(F)c(F)c3)nn2)[C@H]1OC)C1(O)CCC(F)(F)CC1. The first kappa shape index (κ1) is 36.9. The molecule has 3 aliphatic rings. The van der Waals surface area contributed by atoms with Crippen LogP contribution in [0.3, 0.4) is 0 Å². The number of hydrogen-bond acceptors (Lipinski definition) is 10. The van der Waals surface area contributed by atoms with Crippen molar-refractivity contribution in [1.82, 2.24) is 19.9 Å². The number of aromatic nitrogens is 3. The highest BCUT2D eigenvalue weighted by atomic mass is 32.2. The van der Waals surface area contributed by atoms with Gasteiger partial charge in [-0.3, -0.25) is 4.79 Å². The van der Waals surface area contributed by atoms with Gasteiger partial charge < -0.3 is 34.4 Å². The maximum absolute atomic E-state index is 14.3. The van der Waals surface area contributed by atoms with Crippen molar-refractivity contribution in [2.45, 2.75) is 92.0 Å². The first-order valence-electron chi connectivity index (χ1n) is 16.0. The summed E-state index contributed by atoms with van der Waals surface area (Å²) in [7, 11) is 1.30. The second-order valence-electron chi connectivity index (χ2n) is 12.7. The topological polar surface area (TPSA) is 139 Å². The quantitative estimate of drug-likeness (QED) is 0.236. The minimum absolute atomic E-state index is 0.0664. The van der Waals surface area contributed by atoms with E-state index < -0.39 is 89.4 Å². The van der Waals surface area contributed by atoms with Gasteiger partial charge in [0.05, 0.1) is 18.4 Å². The van der Waals surface area contributed by atoms with Crippen molar-refractivity contribution in [3.63, 3.8) is 0 Å². The number of aliphatic hydroxyl groups is 3. The zero-order chi connectivity index (χ0) is 34.8. The van der Waals surface area contributed by atoms with Crippen molar-refractivity contribution in [1.29, 1.82) is 0 Å². The molecule has 0 radical (unpaired) electrons. The molecule has 2 aromatic rings.